The topological polar surface area (TPSA) is 97.1 Å². The number of rotatable bonds is 6. The summed E-state index contributed by atoms with van der Waals surface area (Å²) in [6.45, 7) is 3.20. The fraction of sp³-hybridized carbons (Fsp3) is 0.158. The number of carbonyl (C=O) groups is 2. The molecule has 2 amide bonds. The number of nitrogens with zero attached hydrogens (tertiary/aromatic N) is 2. The van der Waals surface area contributed by atoms with Crippen LogP contribution in [0.4, 0.5) is 11.4 Å². The maximum Gasteiger partial charge on any atom is 0.277 e. The Morgan fingerprint density at radius 3 is 2.22 bits per heavy atom. The maximum atomic E-state index is 12.4. The van der Waals surface area contributed by atoms with Crippen molar-refractivity contribution >= 4 is 35.0 Å². The van der Waals surface area contributed by atoms with E-state index in [0.717, 1.165) is 5.56 Å². The van der Waals surface area contributed by atoms with Crippen molar-refractivity contribution in [3.63, 3.8) is 0 Å². The molecule has 0 radical (unpaired) electrons. The molecule has 0 saturated carbocycles. The molecule has 0 saturated heterocycles. The lowest BCUT2D eigenvalue weighted by molar-refractivity contribution is -0.115. The van der Waals surface area contributed by atoms with Gasteiger partial charge in [0.15, 0.2) is 0 Å². The van der Waals surface area contributed by atoms with Gasteiger partial charge in [-0.05, 0) is 43.3 Å². The first-order valence-corrected chi connectivity index (χ1v) is 9.13. The summed E-state index contributed by atoms with van der Waals surface area (Å²) in [6, 6.07) is 16.3. The fourth-order valence-corrected chi connectivity index (χ4v) is 2.93. The number of anilines is 2. The van der Waals surface area contributed by atoms with Gasteiger partial charge in [-0.25, -0.2) is 0 Å². The summed E-state index contributed by atoms with van der Waals surface area (Å²) in [5.74, 6) is 0.0808. The first-order chi connectivity index (χ1) is 13.0. The average Bonchev–Trinajstić information content (AvgIpc) is 3.12. The van der Waals surface area contributed by atoms with E-state index in [4.69, 9.17) is 4.42 Å². The number of hydrogen-bond donors (Lipinski definition) is 2. The van der Waals surface area contributed by atoms with Crippen LogP contribution in [0.5, 0.6) is 0 Å². The summed E-state index contributed by atoms with van der Waals surface area (Å²) in [5, 5.41) is 13.4. The van der Waals surface area contributed by atoms with E-state index in [2.05, 4.69) is 20.8 Å². The van der Waals surface area contributed by atoms with Crippen molar-refractivity contribution in [3.05, 3.63) is 54.6 Å². The van der Waals surface area contributed by atoms with Crippen LogP contribution in [0.25, 0.3) is 11.5 Å². The quantitative estimate of drug-likeness (QED) is 0.629. The first kappa shape index (κ1) is 18.7. The Labute approximate surface area is 160 Å². The molecular weight excluding hydrogens is 364 g/mol. The number of thioether (sulfide) groups is 1. The third-order valence-corrected chi connectivity index (χ3v) is 4.48. The number of benzene rings is 2. The predicted molar refractivity (Wildman–Crippen MR) is 104 cm³/mol. The fourth-order valence-electron chi connectivity index (χ4n) is 2.24. The van der Waals surface area contributed by atoms with Gasteiger partial charge >= 0.3 is 0 Å². The van der Waals surface area contributed by atoms with Crippen LogP contribution in [-0.4, -0.2) is 27.3 Å². The lowest BCUT2D eigenvalue weighted by atomic mass is 10.2. The summed E-state index contributed by atoms with van der Waals surface area (Å²) >= 11 is 1.19. The molecule has 2 aromatic carbocycles. The standard InChI is InChI=1S/C19H18N4O3S/c1-12(17(25)21-16-10-8-15(9-11-16)20-13(2)24)27-19-23-22-18(26-19)14-6-4-3-5-7-14/h3-12H,1-2H3,(H,20,24)(H,21,25). The van der Waals surface area contributed by atoms with Gasteiger partial charge < -0.3 is 15.1 Å². The minimum atomic E-state index is -0.427. The third kappa shape index (κ3) is 5.18. The van der Waals surface area contributed by atoms with Gasteiger partial charge in [-0.1, -0.05) is 30.0 Å². The van der Waals surface area contributed by atoms with Crippen LogP contribution in [0.3, 0.4) is 0 Å². The van der Waals surface area contributed by atoms with E-state index in [1.54, 1.807) is 31.2 Å². The van der Waals surface area contributed by atoms with Crippen molar-refractivity contribution in [2.75, 3.05) is 10.6 Å². The second-order valence-electron chi connectivity index (χ2n) is 5.75. The van der Waals surface area contributed by atoms with Gasteiger partial charge in [-0.15, -0.1) is 10.2 Å². The molecule has 138 valence electrons. The molecule has 1 atom stereocenters. The van der Waals surface area contributed by atoms with Crippen LogP contribution >= 0.6 is 11.8 Å². The summed E-state index contributed by atoms with van der Waals surface area (Å²) in [4.78, 5) is 23.4. The highest BCUT2D eigenvalue weighted by Crippen LogP contribution is 2.26. The Kier molecular flexibility index (Phi) is 5.87. The van der Waals surface area contributed by atoms with E-state index in [9.17, 15) is 9.59 Å². The molecule has 0 aliphatic carbocycles. The van der Waals surface area contributed by atoms with E-state index < -0.39 is 5.25 Å². The molecule has 1 aromatic heterocycles. The van der Waals surface area contributed by atoms with Gasteiger partial charge in [0.05, 0.1) is 5.25 Å². The van der Waals surface area contributed by atoms with Gasteiger partial charge in [0.2, 0.25) is 17.7 Å². The van der Waals surface area contributed by atoms with Crippen LogP contribution in [-0.2, 0) is 9.59 Å². The monoisotopic (exact) mass is 382 g/mol. The maximum absolute atomic E-state index is 12.4. The second kappa shape index (κ2) is 8.50. The molecule has 0 fully saturated rings. The van der Waals surface area contributed by atoms with Crippen molar-refractivity contribution in [1.82, 2.24) is 10.2 Å². The molecule has 1 heterocycles. The Morgan fingerprint density at radius 1 is 0.963 bits per heavy atom. The molecule has 7 nitrogen and oxygen atoms in total. The zero-order chi connectivity index (χ0) is 19.2. The SMILES string of the molecule is CC(=O)Nc1ccc(NC(=O)C(C)Sc2nnc(-c3ccccc3)o2)cc1. The molecule has 0 bridgehead atoms. The minimum Gasteiger partial charge on any atom is -0.411 e. The van der Waals surface area contributed by atoms with Gasteiger partial charge in [0.25, 0.3) is 5.22 Å². The second-order valence-corrected chi connectivity index (χ2v) is 7.04. The summed E-state index contributed by atoms with van der Waals surface area (Å²) in [5.41, 5.74) is 2.13. The van der Waals surface area contributed by atoms with E-state index in [-0.39, 0.29) is 11.8 Å². The smallest absolute Gasteiger partial charge is 0.277 e. The molecule has 27 heavy (non-hydrogen) atoms. The molecule has 2 N–H and O–H groups in total. The number of hydrogen-bond acceptors (Lipinski definition) is 6. The highest BCUT2D eigenvalue weighted by Gasteiger charge is 2.19. The van der Waals surface area contributed by atoms with Crippen LogP contribution < -0.4 is 10.6 Å². The Bertz CT molecular complexity index is 926. The number of nitrogens with one attached hydrogen (secondary N) is 2. The first-order valence-electron chi connectivity index (χ1n) is 8.25. The zero-order valence-corrected chi connectivity index (χ0v) is 15.6. The van der Waals surface area contributed by atoms with Crippen molar-refractivity contribution in [2.24, 2.45) is 0 Å². The minimum absolute atomic E-state index is 0.147. The zero-order valence-electron chi connectivity index (χ0n) is 14.8. The Hall–Kier alpha value is -3.13. The van der Waals surface area contributed by atoms with E-state index in [1.807, 2.05) is 30.3 Å². The molecular formula is C19H18N4O3S. The average molecular weight is 382 g/mol. The summed E-state index contributed by atoms with van der Waals surface area (Å²) in [7, 11) is 0. The number of aromatic nitrogens is 2. The van der Waals surface area contributed by atoms with Crippen LogP contribution in [0.1, 0.15) is 13.8 Å². The van der Waals surface area contributed by atoms with Crippen molar-refractivity contribution in [2.45, 2.75) is 24.3 Å². The third-order valence-electron chi connectivity index (χ3n) is 3.55. The lowest BCUT2D eigenvalue weighted by Gasteiger charge is -2.10. The van der Waals surface area contributed by atoms with Crippen molar-refractivity contribution < 1.29 is 14.0 Å². The molecule has 0 spiro atoms. The molecule has 8 heteroatoms. The van der Waals surface area contributed by atoms with E-state index in [1.165, 1.54) is 18.7 Å². The van der Waals surface area contributed by atoms with E-state index in [0.29, 0.717) is 22.5 Å². The summed E-state index contributed by atoms with van der Waals surface area (Å²) in [6.07, 6.45) is 0. The molecule has 3 aromatic rings. The molecule has 0 aliphatic heterocycles. The normalized spacial score (nSPS) is 11.6. The molecule has 3 rings (SSSR count). The van der Waals surface area contributed by atoms with Gasteiger partial charge in [-0.3, -0.25) is 9.59 Å². The Morgan fingerprint density at radius 2 is 1.59 bits per heavy atom. The number of amides is 2. The van der Waals surface area contributed by atoms with Crippen molar-refractivity contribution in [3.8, 4) is 11.5 Å². The predicted octanol–water partition coefficient (Wildman–Crippen LogP) is 3.81. The van der Waals surface area contributed by atoms with Crippen LogP contribution in [0.15, 0.2) is 64.2 Å². The Balaban J connectivity index is 1.58. The highest BCUT2D eigenvalue weighted by atomic mass is 32.2. The van der Waals surface area contributed by atoms with Gasteiger partial charge in [0, 0.05) is 23.9 Å². The van der Waals surface area contributed by atoms with Gasteiger partial charge in [-0.2, -0.15) is 0 Å². The number of carbonyl (C=O) groups excluding carboxylic acids is 2. The van der Waals surface area contributed by atoms with Gasteiger partial charge in [0.1, 0.15) is 0 Å². The largest absolute Gasteiger partial charge is 0.411 e. The van der Waals surface area contributed by atoms with Crippen molar-refractivity contribution in [1.29, 1.82) is 0 Å². The molecule has 1 unspecified atom stereocenters. The summed E-state index contributed by atoms with van der Waals surface area (Å²) < 4.78 is 5.61. The van der Waals surface area contributed by atoms with E-state index >= 15 is 0 Å². The van der Waals surface area contributed by atoms with Crippen LogP contribution in [0, 0.1) is 0 Å². The van der Waals surface area contributed by atoms with Crippen LogP contribution in [0.2, 0.25) is 0 Å². The highest BCUT2D eigenvalue weighted by molar-refractivity contribution is 8.00. The molecule has 0 aliphatic rings. The lowest BCUT2D eigenvalue weighted by Crippen LogP contribution is -2.22.